The number of amidine groups is 1. The van der Waals surface area contributed by atoms with Crippen molar-refractivity contribution in [2.75, 3.05) is 0 Å². The lowest BCUT2D eigenvalue weighted by Gasteiger charge is -2.13. The second kappa shape index (κ2) is 5.04. The van der Waals surface area contributed by atoms with Crippen molar-refractivity contribution in [2.24, 2.45) is 5.73 Å². The predicted molar refractivity (Wildman–Crippen MR) is 41.3 cm³/mol. The average Bonchev–Trinajstić information content (AvgIpc) is 1.97. The highest BCUT2D eigenvalue weighted by Crippen LogP contribution is 2.21. The molecule has 0 saturated heterocycles. The van der Waals surface area contributed by atoms with Crippen LogP contribution in [0.15, 0.2) is 0 Å². The molecule has 0 aromatic heterocycles. The van der Waals surface area contributed by atoms with Crippen molar-refractivity contribution in [3.05, 3.63) is 0 Å². The van der Waals surface area contributed by atoms with Crippen LogP contribution in [-0.4, -0.2) is 18.2 Å². The molecule has 3 N–H and O–H groups in total. The molecule has 0 aliphatic carbocycles. The van der Waals surface area contributed by atoms with Crippen molar-refractivity contribution in [2.45, 2.75) is 38.0 Å². The fraction of sp³-hybridized carbons (Fsp3) is 0.857. The van der Waals surface area contributed by atoms with Crippen molar-refractivity contribution in [3.8, 4) is 0 Å². The first-order valence-electron chi connectivity index (χ1n) is 3.86. The largest absolute Gasteiger partial charge is 0.383 e. The van der Waals surface area contributed by atoms with Crippen LogP contribution in [0.2, 0.25) is 0 Å². The maximum atomic E-state index is 12.5. The lowest BCUT2D eigenvalue weighted by atomic mass is 10.1. The Labute approximate surface area is 73.6 Å². The topological polar surface area (TPSA) is 49.9 Å². The maximum absolute atomic E-state index is 12.5. The molecule has 0 spiro atoms. The molecular formula is C7H12F4N2. The Morgan fingerprint density at radius 2 is 1.85 bits per heavy atom. The molecule has 6 heteroatoms. The molecular weight excluding hydrogens is 188 g/mol. The Morgan fingerprint density at radius 1 is 1.31 bits per heavy atom. The van der Waals surface area contributed by atoms with Crippen LogP contribution in [0, 0.1) is 5.41 Å². The van der Waals surface area contributed by atoms with Crippen LogP contribution in [-0.2, 0) is 0 Å². The Balaban J connectivity index is 3.58. The first-order chi connectivity index (χ1) is 5.86. The summed E-state index contributed by atoms with van der Waals surface area (Å²) in [6, 6.07) is 0. The van der Waals surface area contributed by atoms with Crippen LogP contribution in [0.4, 0.5) is 17.6 Å². The van der Waals surface area contributed by atoms with Gasteiger partial charge in [-0.25, -0.2) is 8.78 Å². The van der Waals surface area contributed by atoms with Gasteiger partial charge in [0, 0.05) is 12.8 Å². The monoisotopic (exact) mass is 200 g/mol. The highest BCUT2D eigenvalue weighted by Gasteiger charge is 2.32. The first kappa shape index (κ1) is 12.2. The van der Waals surface area contributed by atoms with Gasteiger partial charge in [-0.2, -0.15) is 8.78 Å². The molecule has 0 fully saturated rings. The standard InChI is InChI=1S/C7H12F4N2/c8-5(9)3-1-2-4-7(10,11)6(12)13/h5H,1-4H2,(H3,12,13). The number of hydrogen-bond acceptors (Lipinski definition) is 1. The minimum Gasteiger partial charge on any atom is -0.383 e. The number of unbranched alkanes of at least 4 members (excludes halogenated alkanes) is 1. The summed E-state index contributed by atoms with van der Waals surface area (Å²) in [4.78, 5) is 0. The van der Waals surface area contributed by atoms with Gasteiger partial charge in [0.1, 0.15) is 0 Å². The molecule has 0 rings (SSSR count). The molecule has 0 aromatic rings. The summed E-state index contributed by atoms with van der Waals surface area (Å²) in [6.07, 6.45) is -3.48. The highest BCUT2D eigenvalue weighted by molar-refractivity contribution is 5.84. The van der Waals surface area contributed by atoms with Crippen LogP contribution in [0.5, 0.6) is 0 Å². The van der Waals surface area contributed by atoms with E-state index in [2.05, 4.69) is 5.73 Å². The van der Waals surface area contributed by atoms with Gasteiger partial charge in [-0.15, -0.1) is 0 Å². The van der Waals surface area contributed by atoms with E-state index in [9.17, 15) is 17.6 Å². The molecule has 0 saturated carbocycles. The van der Waals surface area contributed by atoms with Gasteiger partial charge in [0.2, 0.25) is 6.43 Å². The van der Waals surface area contributed by atoms with E-state index >= 15 is 0 Å². The molecule has 13 heavy (non-hydrogen) atoms. The fourth-order valence-corrected chi connectivity index (χ4v) is 0.780. The maximum Gasteiger partial charge on any atom is 0.303 e. The second-order valence-corrected chi connectivity index (χ2v) is 2.75. The first-order valence-corrected chi connectivity index (χ1v) is 3.86. The molecule has 0 atom stereocenters. The number of hydrogen-bond donors (Lipinski definition) is 2. The third kappa shape index (κ3) is 5.43. The predicted octanol–water partition coefficient (Wildman–Crippen LogP) is 2.38. The average molecular weight is 200 g/mol. The molecule has 0 aromatic carbocycles. The van der Waals surface area contributed by atoms with Gasteiger partial charge in [-0.3, -0.25) is 5.41 Å². The molecule has 0 heterocycles. The van der Waals surface area contributed by atoms with Gasteiger partial charge in [-0.05, 0) is 12.8 Å². The van der Waals surface area contributed by atoms with E-state index < -0.39 is 24.6 Å². The van der Waals surface area contributed by atoms with E-state index in [0.29, 0.717) is 0 Å². The third-order valence-corrected chi connectivity index (χ3v) is 1.56. The van der Waals surface area contributed by atoms with Crippen LogP contribution < -0.4 is 5.73 Å². The van der Waals surface area contributed by atoms with Crippen LogP contribution in [0.1, 0.15) is 25.7 Å². The van der Waals surface area contributed by atoms with Crippen molar-refractivity contribution in [3.63, 3.8) is 0 Å². The summed E-state index contributed by atoms with van der Waals surface area (Å²) in [6.45, 7) is 0. The zero-order chi connectivity index (χ0) is 10.5. The van der Waals surface area contributed by atoms with E-state index in [1.54, 1.807) is 0 Å². The zero-order valence-electron chi connectivity index (χ0n) is 6.99. The third-order valence-electron chi connectivity index (χ3n) is 1.56. The smallest absolute Gasteiger partial charge is 0.303 e. The molecule has 0 aliphatic heterocycles. The lowest BCUT2D eigenvalue weighted by molar-refractivity contribution is 0.0596. The SMILES string of the molecule is N=C(N)C(F)(F)CCCCC(F)F. The van der Waals surface area contributed by atoms with Crippen molar-refractivity contribution >= 4 is 5.84 Å². The van der Waals surface area contributed by atoms with Crippen molar-refractivity contribution < 1.29 is 17.6 Å². The van der Waals surface area contributed by atoms with Crippen LogP contribution in [0.3, 0.4) is 0 Å². The van der Waals surface area contributed by atoms with Gasteiger partial charge in [-0.1, -0.05) is 0 Å². The summed E-state index contributed by atoms with van der Waals surface area (Å²) in [5.74, 6) is -4.55. The quantitative estimate of drug-likeness (QED) is 0.294. The Morgan fingerprint density at radius 3 is 2.23 bits per heavy atom. The molecule has 0 bridgehead atoms. The van der Waals surface area contributed by atoms with Crippen LogP contribution >= 0.6 is 0 Å². The van der Waals surface area contributed by atoms with Gasteiger partial charge in [0.25, 0.3) is 0 Å². The highest BCUT2D eigenvalue weighted by atomic mass is 19.3. The number of nitrogens with one attached hydrogen (secondary N) is 1. The number of rotatable bonds is 6. The van der Waals surface area contributed by atoms with E-state index in [1.165, 1.54) is 0 Å². The number of alkyl halides is 4. The zero-order valence-corrected chi connectivity index (χ0v) is 6.99. The molecule has 0 unspecified atom stereocenters. The van der Waals surface area contributed by atoms with E-state index in [-0.39, 0.29) is 19.3 Å². The molecule has 2 nitrogen and oxygen atoms in total. The molecule has 0 radical (unpaired) electrons. The molecule has 0 aliphatic rings. The van der Waals surface area contributed by atoms with Gasteiger partial charge in [0.05, 0.1) is 0 Å². The van der Waals surface area contributed by atoms with E-state index in [0.717, 1.165) is 0 Å². The van der Waals surface area contributed by atoms with Gasteiger partial charge >= 0.3 is 5.92 Å². The molecule has 78 valence electrons. The Hall–Kier alpha value is -0.810. The van der Waals surface area contributed by atoms with Crippen molar-refractivity contribution in [1.82, 2.24) is 0 Å². The lowest BCUT2D eigenvalue weighted by Crippen LogP contribution is -2.34. The minimum absolute atomic E-state index is 0.0283. The van der Waals surface area contributed by atoms with Gasteiger partial charge in [0.15, 0.2) is 5.84 Å². The van der Waals surface area contributed by atoms with E-state index in [1.807, 2.05) is 0 Å². The summed E-state index contributed by atoms with van der Waals surface area (Å²) >= 11 is 0. The normalized spacial score (nSPS) is 12.1. The Bertz CT molecular complexity index is 170. The molecule has 0 amide bonds. The summed E-state index contributed by atoms with van der Waals surface area (Å²) in [5.41, 5.74) is 4.60. The summed E-state index contributed by atoms with van der Waals surface area (Å²) in [7, 11) is 0. The van der Waals surface area contributed by atoms with Crippen LogP contribution in [0.25, 0.3) is 0 Å². The summed E-state index contributed by atoms with van der Waals surface area (Å²) in [5, 5.41) is 6.50. The minimum atomic E-state index is -3.35. The second-order valence-electron chi connectivity index (χ2n) is 2.75. The van der Waals surface area contributed by atoms with E-state index in [4.69, 9.17) is 5.41 Å². The van der Waals surface area contributed by atoms with Gasteiger partial charge < -0.3 is 5.73 Å². The fourth-order valence-electron chi connectivity index (χ4n) is 0.780. The number of nitrogens with two attached hydrogens (primary N) is 1. The number of halogens is 4. The Kier molecular flexibility index (Phi) is 4.72. The summed E-state index contributed by atoms with van der Waals surface area (Å²) < 4.78 is 48.2. The van der Waals surface area contributed by atoms with Crippen molar-refractivity contribution in [1.29, 1.82) is 5.41 Å².